The van der Waals surface area contributed by atoms with Crippen LogP contribution in [-0.2, 0) is 11.3 Å². The highest BCUT2D eigenvalue weighted by atomic mass is 16.5. The summed E-state index contributed by atoms with van der Waals surface area (Å²) in [6.07, 6.45) is 2.15. The van der Waals surface area contributed by atoms with Crippen LogP contribution in [0.2, 0.25) is 0 Å². The maximum Gasteiger partial charge on any atom is 0.199 e. The summed E-state index contributed by atoms with van der Waals surface area (Å²) in [5, 5.41) is 16.1. The maximum absolute atomic E-state index is 10.4. The van der Waals surface area contributed by atoms with E-state index in [2.05, 4.69) is 34.6 Å². The molecule has 142 valence electrons. The summed E-state index contributed by atoms with van der Waals surface area (Å²) in [5.41, 5.74) is 4.62. The number of fused-ring (bicyclic) bond motifs is 2. The first-order chi connectivity index (χ1) is 13.8. The number of aromatic amines is 1. The Bertz CT molecular complexity index is 1130. The Morgan fingerprint density at radius 1 is 1.07 bits per heavy atom. The summed E-state index contributed by atoms with van der Waals surface area (Å²) < 4.78 is 5.42. The van der Waals surface area contributed by atoms with Crippen molar-refractivity contribution in [2.75, 3.05) is 13.2 Å². The lowest BCUT2D eigenvalue weighted by molar-refractivity contribution is 0.0776. The third-order valence-corrected chi connectivity index (χ3v) is 5.51. The van der Waals surface area contributed by atoms with Crippen LogP contribution in [0.4, 0.5) is 0 Å². The number of H-pyrrole nitrogens is 1. The van der Waals surface area contributed by atoms with Gasteiger partial charge in [-0.25, -0.2) is 4.98 Å². The predicted molar refractivity (Wildman–Crippen MR) is 111 cm³/mol. The first-order valence-corrected chi connectivity index (χ1v) is 9.79. The van der Waals surface area contributed by atoms with Gasteiger partial charge in [-0.05, 0) is 42.7 Å². The van der Waals surface area contributed by atoms with Crippen molar-refractivity contribution in [2.45, 2.75) is 25.4 Å². The summed E-state index contributed by atoms with van der Waals surface area (Å²) in [4.78, 5) is 7.83. The summed E-state index contributed by atoms with van der Waals surface area (Å²) in [7, 11) is 0. The standard InChI is InChI=1S/C23H23N3O2/c27-23-22(18-3-1-2-4-20(18)26-23)21-8-6-16-13-15(5-7-19(16)25-21)14-24-17-9-11-28-12-10-17/h1-8,13,17,24,26-27H,9-12,14H2. The number of hydrogen-bond donors (Lipinski definition) is 3. The van der Waals surface area contributed by atoms with Crippen LogP contribution >= 0.6 is 0 Å². The van der Waals surface area contributed by atoms with Gasteiger partial charge in [0.05, 0.1) is 16.8 Å². The quantitative estimate of drug-likeness (QED) is 0.497. The Hall–Kier alpha value is -2.89. The molecule has 1 aliphatic heterocycles. The number of aromatic hydroxyl groups is 1. The van der Waals surface area contributed by atoms with Crippen molar-refractivity contribution in [3.8, 4) is 17.1 Å². The largest absolute Gasteiger partial charge is 0.494 e. The molecule has 5 nitrogen and oxygen atoms in total. The van der Waals surface area contributed by atoms with Crippen LogP contribution in [0.1, 0.15) is 18.4 Å². The number of nitrogens with one attached hydrogen (secondary N) is 2. The van der Waals surface area contributed by atoms with Crippen molar-refractivity contribution in [3.63, 3.8) is 0 Å². The monoisotopic (exact) mass is 373 g/mol. The fourth-order valence-electron chi connectivity index (χ4n) is 3.98. The van der Waals surface area contributed by atoms with Crippen molar-refractivity contribution < 1.29 is 9.84 Å². The van der Waals surface area contributed by atoms with Crippen molar-refractivity contribution in [1.82, 2.24) is 15.3 Å². The van der Waals surface area contributed by atoms with Crippen molar-refractivity contribution >= 4 is 21.8 Å². The van der Waals surface area contributed by atoms with Gasteiger partial charge in [-0.15, -0.1) is 0 Å². The summed E-state index contributed by atoms with van der Waals surface area (Å²) >= 11 is 0. The third kappa shape index (κ3) is 3.23. The second kappa shape index (κ2) is 7.26. The van der Waals surface area contributed by atoms with Crippen LogP contribution in [0.15, 0.2) is 54.6 Å². The highest BCUT2D eigenvalue weighted by Gasteiger charge is 2.15. The zero-order chi connectivity index (χ0) is 18.9. The molecule has 5 rings (SSSR count). The number of benzene rings is 2. The summed E-state index contributed by atoms with van der Waals surface area (Å²) in [6, 6.07) is 18.8. The van der Waals surface area contributed by atoms with Gasteiger partial charge in [-0.3, -0.25) is 0 Å². The average Bonchev–Trinajstić information content (AvgIpc) is 3.08. The molecule has 0 amide bonds. The molecule has 3 N–H and O–H groups in total. The molecule has 0 radical (unpaired) electrons. The van der Waals surface area contributed by atoms with Gasteiger partial charge in [-0.1, -0.05) is 30.3 Å². The molecule has 0 saturated carbocycles. The van der Waals surface area contributed by atoms with Crippen LogP contribution < -0.4 is 5.32 Å². The Labute approximate surface area is 163 Å². The van der Waals surface area contributed by atoms with Gasteiger partial charge in [0.1, 0.15) is 0 Å². The topological polar surface area (TPSA) is 70.2 Å². The SMILES string of the molecule is Oc1[nH]c2ccccc2c1-c1ccc2cc(CNC3CCOCC3)ccc2n1. The molecule has 2 aromatic carbocycles. The Kier molecular flexibility index (Phi) is 4.47. The molecule has 1 saturated heterocycles. The predicted octanol–water partition coefficient (Wildman–Crippen LogP) is 4.36. The van der Waals surface area contributed by atoms with Crippen LogP contribution in [0.5, 0.6) is 5.88 Å². The second-order valence-electron chi connectivity index (χ2n) is 7.39. The van der Waals surface area contributed by atoms with E-state index in [9.17, 15) is 5.11 Å². The smallest absolute Gasteiger partial charge is 0.199 e. The van der Waals surface area contributed by atoms with E-state index in [0.29, 0.717) is 6.04 Å². The highest BCUT2D eigenvalue weighted by Crippen LogP contribution is 2.36. The lowest BCUT2D eigenvalue weighted by Gasteiger charge is -2.23. The molecular weight excluding hydrogens is 350 g/mol. The van der Waals surface area contributed by atoms with Gasteiger partial charge in [0.2, 0.25) is 0 Å². The maximum atomic E-state index is 10.4. The van der Waals surface area contributed by atoms with Crippen molar-refractivity contribution in [2.24, 2.45) is 0 Å². The fraction of sp³-hybridized carbons (Fsp3) is 0.261. The molecule has 0 aliphatic carbocycles. The van der Waals surface area contributed by atoms with Gasteiger partial charge in [-0.2, -0.15) is 0 Å². The first-order valence-electron chi connectivity index (χ1n) is 9.79. The van der Waals surface area contributed by atoms with Crippen molar-refractivity contribution in [3.05, 3.63) is 60.2 Å². The van der Waals surface area contributed by atoms with Gasteiger partial charge >= 0.3 is 0 Å². The molecule has 0 atom stereocenters. The van der Waals surface area contributed by atoms with Gasteiger partial charge < -0.3 is 20.1 Å². The molecule has 0 spiro atoms. The van der Waals surface area contributed by atoms with Crippen LogP contribution in [0.25, 0.3) is 33.1 Å². The Morgan fingerprint density at radius 3 is 2.82 bits per heavy atom. The van der Waals surface area contributed by atoms with Crippen molar-refractivity contribution in [1.29, 1.82) is 0 Å². The normalized spacial score (nSPS) is 15.4. The summed E-state index contributed by atoms with van der Waals surface area (Å²) in [6.45, 7) is 2.55. The number of para-hydroxylation sites is 1. The minimum atomic E-state index is 0.158. The van der Waals surface area contributed by atoms with Gasteiger partial charge in [0.15, 0.2) is 5.88 Å². The van der Waals surface area contributed by atoms with E-state index in [1.165, 1.54) is 5.56 Å². The van der Waals surface area contributed by atoms with E-state index in [1.807, 2.05) is 30.3 Å². The summed E-state index contributed by atoms with van der Waals surface area (Å²) in [5.74, 6) is 0.158. The minimum Gasteiger partial charge on any atom is -0.494 e. The Morgan fingerprint density at radius 2 is 1.93 bits per heavy atom. The lowest BCUT2D eigenvalue weighted by atomic mass is 10.1. The average molecular weight is 373 g/mol. The van der Waals surface area contributed by atoms with Gasteiger partial charge in [0, 0.05) is 42.1 Å². The van der Waals surface area contributed by atoms with Crippen LogP contribution in [-0.4, -0.2) is 34.3 Å². The van der Waals surface area contributed by atoms with E-state index in [0.717, 1.165) is 65.7 Å². The van der Waals surface area contributed by atoms with Crippen LogP contribution in [0, 0.1) is 0 Å². The zero-order valence-electron chi connectivity index (χ0n) is 15.6. The first kappa shape index (κ1) is 17.2. The molecule has 0 bridgehead atoms. The molecular formula is C23H23N3O2. The Balaban J connectivity index is 1.43. The van der Waals surface area contributed by atoms with E-state index in [1.54, 1.807) is 0 Å². The van der Waals surface area contributed by atoms with E-state index >= 15 is 0 Å². The van der Waals surface area contributed by atoms with E-state index < -0.39 is 0 Å². The lowest BCUT2D eigenvalue weighted by Crippen LogP contribution is -2.34. The molecule has 3 heterocycles. The fourth-order valence-corrected chi connectivity index (χ4v) is 3.98. The molecule has 5 heteroatoms. The third-order valence-electron chi connectivity index (χ3n) is 5.51. The van der Waals surface area contributed by atoms with Crippen LogP contribution in [0.3, 0.4) is 0 Å². The molecule has 4 aromatic rings. The molecule has 0 unspecified atom stereocenters. The number of aromatic nitrogens is 2. The molecule has 1 aliphatic rings. The number of ether oxygens (including phenoxy) is 1. The number of pyridine rings is 1. The number of nitrogens with zero attached hydrogens (tertiary/aromatic N) is 1. The minimum absolute atomic E-state index is 0.158. The highest BCUT2D eigenvalue weighted by molar-refractivity contribution is 5.99. The zero-order valence-corrected chi connectivity index (χ0v) is 15.6. The number of hydrogen-bond acceptors (Lipinski definition) is 4. The second-order valence-corrected chi connectivity index (χ2v) is 7.39. The number of rotatable bonds is 4. The molecule has 2 aromatic heterocycles. The molecule has 28 heavy (non-hydrogen) atoms. The van der Waals surface area contributed by atoms with E-state index in [-0.39, 0.29) is 5.88 Å². The van der Waals surface area contributed by atoms with Gasteiger partial charge in [0.25, 0.3) is 0 Å². The van der Waals surface area contributed by atoms with E-state index in [4.69, 9.17) is 9.72 Å². The molecule has 1 fully saturated rings.